The number of nitrogens with zero attached hydrogens (tertiary/aromatic N) is 2. The molecule has 0 aromatic rings. The lowest BCUT2D eigenvalue weighted by Crippen LogP contribution is -2.41. The highest BCUT2D eigenvalue weighted by Crippen LogP contribution is 2.22. The van der Waals surface area contributed by atoms with Crippen LogP contribution in [0, 0.1) is 5.92 Å². The largest absolute Gasteiger partial charge is 0.315 e. The Morgan fingerprint density at radius 3 is 2.58 bits per heavy atom. The van der Waals surface area contributed by atoms with Crippen LogP contribution < -0.4 is 5.32 Å². The zero-order chi connectivity index (χ0) is 13.5. The molecule has 19 heavy (non-hydrogen) atoms. The van der Waals surface area contributed by atoms with E-state index < -0.39 is 0 Å². The second kappa shape index (κ2) is 8.23. The smallest absolute Gasteiger partial charge is 0.0223 e. The number of hydrogen-bond acceptors (Lipinski definition) is 3. The van der Waals surface area contributed by atoms with E-state index in [-0.39, 0.29) is 0 Å². The molecule has 1 aliphatic carbocycles. The van der Waals surface area contributed by atoms with Crippen molar-refractivity contribution in [1.82, 2.24) is 15.1 Å². The number of likely N-dealkylation sites (N-methyl/N-ethyl adjacent to an activating group) is 1. The van der Waals surface area contributed by atoms with E-state index in [9.17, 15) is 0 Å². The van der Waals surface area contributed by atoms with Crippen LogP contribution in [0.2, 0.25) is 0 Å². The zero-order valence-electron chi connectivity index (χ0n) is 13.0. The standard InChI is InChI=1S/C16H33N3/c1-18(2)14-16-9-6-11-19(16)12-10-17-13-15-7-4-3-5-8-15/h15-17H,3-14H2,1-2H3. The molecule has 1 unspecified atom stereocenters. The van der Waals surface area contributed by atoms with E-state index in [1.54, 1.807) is 0 Å². The van der Waals surface area contributed by atoms with E-state index in [4.69, 9.17) is 0 Å². The van der Waals surface area contributed by atoms with E-state index in [1.807, 2.05) is 0 Å². The maximum atomic E-state index is 3.70. The first kappa shape index (κ1) is 15.3. The monoisotopic (exact) mass is 267 g/mol. The van der Waals surface area contributed by atoms with Crippen LogP contribution in [-0.4, -0.2) is 62.7 Å². The van der Waals surface area contributed by atoms with Crippen molar-refractivity contribution in [3.8, 4) is 0 Å². The van der Waals surface area contributed by atoms with Gasteiger partial charge in [-0.1, -0.05) is 19.3 Å². The third kappa shape index (κ3) is 5.41. The van der Waals surface area contributed by atoms with Gasteiger partial charge in [-0.3, -0.25) is 4.90 Å². The van der Waals surface area contributed by atoms with Crippen molar-refractivity contribution in [3.05, 3.63) is 0 Å². The highest BCUT2D eigenvalue weighted by atomic mass is 15.2. The normalized spacial score (nSPS) is 26.4. The SMILES string of the molecule is CN(C)CC1CCCN1CCNCC1CCCCC1. The van der Waals surface area contributed by atoms with Gasteiger partial charge in [0.25, 0.3) is 0 Å². The van der Waals surface area contributed by atoms with Crippen molar-refractivity contribution in [2.75, 3.05) is 46.8 Å². The highest BCUT2D eigenvalue weighted by Gasteiger charge is 2.24. The first-order valence-corrected chi connectivity index (χ1v) is 8.35. The molecule has 1 aliphatic heterocycles. The average Bonchev–Trinajstić information content (AvgIpc) is 2.82. The van der Waals surface area contributed by atoms with Gasteiger partial charge >= 0.3 is 0 Å². The molecule has 3 heteroatoms. The second-order valence-electron chi connectivity index (χ2n) is 6.80. The Bertz CT molecular complexity index is 236. The van der Waals surface area contributed by atoms with Gasteiger partial charge in [-0.05, 0) is 58.8 Å². The third-order valence-electron chi connectivity index (χ3n) is 4.81. The van der Waals surface area contributed by atoms with Gasteiger partial charge in [-0.15, -0.1) is 0 Å². The minimum absolute atomic E-state index is 0.798. The third-order valence-corrected chi connectivity index (χ3v) is 4.81. The number of rotatable bonds is 7. The van der Waals surface area contributed by atoms with Gasteiger partial charge in [0.15, 0.2) is 0 Å². The molecule has 112 valence electrons. The van der Waals surface area contributed by atoms with Gasteiger partial charge in [0.1, 0.15) is 0 Å². The highest BCUT2D eigenvalue weighted by molar-refractivity contribution is 4.81. The summed E-state index contributed by atoms with van der Waals surface area (Å²) in [5.74, 6) is 0.963. The van der Waals surface area contributed by atoms with Crippen LogP contribution in [0.4, 0.5) is 0 Å². The summed E-state index contributed by atoms with van der Waals surface area (Å²) >= 11 is 0. The van der Waals surface area contributed by atoms with Crippen molar-refractivity contribution < 1.29 is 0 Å². The second-order valence-corrected chi connectivity index (χ2v) is 6.80. The molecule has 0 aromatic heterocycles. The molecule has 0 spiro atoms. The molecule has 3 nitrogen and oxygen atoms in total. The molecule has 2 aliphatic rings. The molecule has 0 bridgehead atoms. The molecule has 0 aromatic carbocycles. The summed E-state index contributed by atoms with van der Waals surface area (Å²) in [5.41, 5.74) is 0. The Kier molecular flexibility index (Phi) is 6.62. The van der Waals surface area contributed by atoms with Crippen LogP contribution >= 0.6 is 0 Å². The van der Waals surface area contributed by atoms with Crippen LogP contribution in [0.5, 0.6) is 0 Å². The van der Waals surface area contributed by atoms with Crippen molar-refractivity contribution in [3.63, 3.8) is 0 Å². The van der Waals surface area contributed by atoms with E-state index in [0.29, 0.717) is 0 Å². The van der Waals surface area contributed by atoms with Crippen LogP contribution in [0.25, 0.3) is 0 Å². The van der Waals surface area contributed by atoms with Gasteiger partial charge in [-0.25, -0.2) is 0 Å². The van der Waals surface area contributed by atoms with E-state index in [2.05, 4.69) is 29.2 Å². The Balaban J connectivity index is 1.56. The fourth-order valence-corrected chi connectivity index (χ4v) is 3.74. The first-order valence-electron chi connectivity index (χ1n) is 8.35. The lowest BCUT2D eigenvalue weighted by atomic mass is 9.89. The van der Waals surface area contributed by atoms with Crippen LogP contribution in [0.15, 0.2) is 0 Å². The number of hydrogen-bond donors (Lipinski definition) is 1. The minimum Gasteiger partial charge on any atom is -0.315 e. The molecule has 1 atom stereocenters. The summed E-state index contributed by atoms with van der Waals surface area (Å²) in [6.07, 6.45) is 10.1. The molecule has 2 fully saturated rings. The molecule has 0 amide bonds. The van der Waals surface area contributed by atoms with Crippen molar-refractivity contribution in [1.29, 1.82) is 0 Å². The zero-order valence-corrected chi connectivity index (χ0v) is 13.0. The first-order chi connectivity index (χ1) is 9.25. The van der Waals surface area contributed by atoms with Gasteiger partial charge in [0.2, 0.25) is 0 Å². The van der Waals surface area contributed by atoms with Crippen molar-refractivity contribution in [2.24, 2.45) is 5.92 Å². The molecular formula is C16H33N3. The lowest BCUT2D eigenvalue weighted by Gasteiger charge is -2.27. The fraction of sp³-hybridized carbons (Fsp3) is 1.00. The topological polar surface area (TPSA) is 18.5 Å². The van der Waals surface area contributed by atoms with Crippen LogP contribution in [-0.2, 0) is 0 Å². The summed E-state index contributed by atoms with van der Waals surface area (Å²) in [4.78, 5) is 5.02. The van der Waals surface area contributed by atoms with Crippen molar-refractivity contribution >= 4 is 0 Å². The van der Waals surface area contributed by atoms with Gasteiger partial charge in [-0.2, -0.15) is 0 Å². The van der Waals surface area contributed by atoms with Crippen molar-refractivity contribution in [2.45, 2.75) is 51.0 Å². The molecule has 1 saturated carbocycles. The maximum Gasteiger partial charge on any atom is 0.0223 e. The van der Waals surface area contributed by atoms with Crippen LogP contribution in [0.1, 0.15) is 44.9 Å². The lowest BCUT2D eigenvalue weighted by molar-refractivity contribution is 0.206. The van der Waals surface area contributed by atoms with Crippen LogP contribution in [0.3, 0.4) is 0 Å². The summed E-state index contributed by atoms with van der Waals surface area (Å²) in [6.45, 7) is 6.21. The van der Waals surface area contributed by atoms with Gasteiger partial charge < -0.3 is 10.2 Å². The molecule has 2 rings (SSSR count). The molecule has 1 N–H and O–H groups in total. The molecule has 1 heterocycles. The minimum atomic E-state index is 0.798. The Hall–Kier alpha value is -0.120. The summed E-state index contributed by atoms with van der Waals surface area (Å²) < 4.78 is 0. The van der Waals surface area contributed by atoms with E-state index in [1.165, 1.54) is 77.7 Å². The maximum absolute atomic E-state index is 3.70. The fourth-order valence-electron chi connectivity index (χ4n) is 3.74. The number of likely N-dealkylation sites (tertiary alicyclic amines) is 1. The summed E-state index contributed by atoms with van der Waals surface area (Å²) in [7, 11) is 4.38. The van der Waals surface area contributed by atoms with E-state index >= 15 is 0 Å². The predicted octanol–water partition coefficient (Wildman–Crippen LogP) is 2.18. The van der Waals surface area contributed by atoms with Gasteiger partial charge in [0.05, 0.1) is 0 Å². The Morgan fingerprint density at radius 2 is 1.84 bits per heavy atom. The Morgan fingerprint density at radius 1 is 1.05 bits per heavy atom. The molecular weight excluding hydrogens is 234 g/mol. The summed E-state index contributed by atoms with van der Waals surface area (Å²) in [6, 6.07) is 0.798. The average molecular weight is 267 g/mol. The van der Waals surface area contributed by atoms with E-state index in [0.717, 1.165) is 12.0 Å². The quantitative estimate of drug-likeness (QED) is 0.713. The molecule has 1 saturated heterocycles. The molecule has 0 radical (unpaired) electrons. The predicted molar refractivity (Wildman–Crippen MR) is 82.6 cm³/mol. The van der Waals surface area contributed by atoms with Gasteiger partial charge in [0, 0.05) is 25.7 Å². The number of nitrogens with one attached hydrogen (secondary N) is 1. The Labute approximate surface area is 119 Å². The summed E-state index contributed by atoms with van der Waals surface area (Å²) in [5, 5.41) is 3.70.